The Kier molecular flexibility index (Phi) is 5.08. The van der Waals surface area contributed by atoms with Crippen LogP contribution in [0.25, 0.3) is 0 Å². The van der Waals surface area contributed by atoms with E-state index in [0.717, 1.165) is 22.6 Å². The van der Waals surface area contributed by atoms with Crippen molar-refractivity contribution in [1.29, 1.82) is 0 Å². The molecule has 1 N–H and O–H groups in total. The summed E-state index contributed by atoms with van der Waals surface area (Å²) >= 11 is 1.56. The Labute approximate surface area is 148 Å². The van der Waals surface area contributed by atoms with E-state index in [1.165, 1.54) is 17.7 Å². The van der Waals surface area contributed by atoms with Gasteiger partial charge in [-0.15, -0.1) is 11.8 Å². The van der Waals surface area contributed by atoms with Crippen LogP contribution in [0.2, 0.25) is 0 Å². The van der Waals surface area contributed by atoms with Crippen LogP contribution in [0.4, 0.5) is 13.2 Å². The zero-order chi connectivity index (χ0) is 18.0. The van der Waals surface area contributed by atoms with E-state index in [2.05, 4.69) is 5.32 Å². The monoisotopic (exact) mass is 365 g/mol. The van der Waals surface area contributed by atoms with Gasteiger partial charge in [0.15, 0.2) is 0 Å². The molecule has 2 nitrogen and oxygen atoms in total. The predicted molar refractivity (Wildman–Crippen MR) is 92.5 cm³/mol. The van der Waals surface area contributed by atoms with Gasteiger partial charge in [-0.05, 0) is 49.1 Å². The number of hydrogen-bond donors (Lipinski definition) is 1. The van der Waals surface area contributed by atoms with Gasteiger partial charge in [-0.2, -0.15) is 13.2 Å². The second-order valence-electron chi connectivity index (χ2n) is 6.23. The molecule has 1 aliphatic rings. The summed E-state index contributed by atoms with van der Waals surface area (Å²) in [6, 6.07) is 12.9. The van der Waals surface area contributed by atoms with Crippen LogP contribution in [0.3, 0.4) is 0 Å². The molecule has 0 fully saturated rings. The largest absolute Gasteiger partial charge is 0.416 e. The van der Waals surface area contributed by atoms with E-state index in [4.69, 9.17) is 0 Å². The average Bonchev–Trinajstić information content (AvgIpc) is 2.98. The van der Waals surface area contributed by atoms with Gasteiger partial charge >= 0.3 is 6.18 Å². The third-order valence-electron chi connectivity index (χ3n) is 4.15. The molecule has 0 saturated heterocycles. The number of fused-ring (bicyclic) bond motifs is 1. The molecule has 1 amide bonds. The molecule has 0 aliphatic carbocycles. The maximum Gasteiger partial charge on any atom is 0.416 e. The van der Waals surface area contributed by atoms with E-state index in [9.17, 15) is 18.0 Å². The second-order valence-corrected chi connectivity index (χ2v) is 7.47. The molecule has 0 aromatic heterocycles. The Morgan fingerprint density at radius 3 is 2.52 bits per heavy atom. The summed E-state index contributed by atoms with van der Waals surface area (Å²) in [7, 11) is 0. The first-order valence-corrected chi connectivity index (χ1v) is 8.92. The molecule has 1 heterocycles. The fourth-order valence-corrected chi connectivity index (χ4v) is 4.10. The van der Waals surface area contributed by atoms with E-state index in [0.29, 0.717) is 12.8 Å². The summed E-state index contributed by atoms with van der Waals surface area (Å²) in [6.45, 7) is 1.86. The summed E-state index contributed by atoms with van der Waals surface area (Å²) in [5, 5.41) is 2.82. The molecule has 1 aliphatic heterocycles. The average molecular weight is 365 g/mol. The maximum absolute atomic E-state index is 12.6. The lowest BCUT2D eigenvalue weighted by Crippen LogP contribution is -2.39. The number of rotatable bonds is 4. The van der Waals surface area contributed by atoms with Crippen molar-refractivity contribution in [2.75, 3.05) is 0 Å². The minimum atomic E-state index is -4.33. The Bertz CT molecular complexity index is 733. The number of carbonyl (C=O) groups excluding carboxylic acids is 1. The lowest BCUT2D eigenvalue weighted by molar-refractivity contribution is -0.137. The Morgan fingerprint density at radius 1 is 1.20 bits per heavy atom. The normalized spacial score (nSPS) is 17.8. The van der Waals surface area contributed by atoms with Crippen LogP contribution in [0, 0.1) is 0 Å². The Balaban J connectivity index is 1.54. The van der Waals surface area contributed by atoms with Crippen LogP contribution in [-0.4, -0.2) is 17.2 Å². The second kappa shape index (κ2) is 7.12. The molecule has 25 heavy (non-hydrogen) atoms. The first-order valence-electron chi connectivity index (χ1n) is 8.04. The molecule has 6 heteroatoms. The molecule has 2 aromatic carbocycles. The van der Waals surface area contributed by atoms with Crippen LogP contribution in [0.1, 0.15) is 23.6 Å². The lowest BCUT2D eigenvalue weighted by Gasteiger charge is -2.17. The van der Waals surface area contributed by atoms with Crippen LogP contribution in [0.5, 0.6) is 0 Å². The first kappa shape index (κ1) is 17.9. The van der Waals surface area contributed by atoms with Gasteiger partial charge < -0.3 is 5.32 Å². The number of thioether (sulfide) groups is 1. The SMILES string of the molecule is CC(Cc1ccc(C(F)(F)F)cc1)NC(=O)C1Cc2ccccc2S1. The molecule has 2 atom stereocenters. The summed E-state index contributed by atoms with van der Waals surface area (Å²) in [4.78, 5) is 13.6. The van der Waals surface area contributed by atoms with E-state index in [1.807, 2.05) is 31.2 Å². The molecule has 2 unspecified atom stereocenters. The number of hydrogen-bond acceptors (Lipinski definition) is 2. The van der Waals surface area contributed by atoms with Gasteiger partial charge in [-0.3, -0.25) is 4.79 Å². The quantitative estimate of drug-likeness (QED) is 0.866. The van der Waals surface area contributed by atoms with Crippen LogP contribution >= 0.6 is 11.8 Å². The van der Waals surface area contributed by atoms with Gasteiger partial charge in [0.2, 0.25) is 5.91 Å². The lowest BCUT2D eigenvalue weighted by atomic mass is 10.0. The number of alkyl halides is 3. The highest BCUT2D eigenvalue weighted by molar-refractivity contribution is 8.01. The van der Waals surface area contributed by atoms with E-state index in [-0.39, 0.29) is 17.2 Å². The zero-order valence-electron chi connectivity index (χ0n) is 13.6. The van der Waals surface area contributed by atoms with Crippen LogP contribution < -0.4 is 5.32 Å². The van der Waals surface area contributed by atoms with Crippen molar-refractivity contribution >= 4 is 17.7 Å². The molecule has 3 rings (SSSR count). The summed E-state index contributed by atoms with van der Waals surface area (Å²) in [5.74, 6) is -0.0272. The zero-order valence-corrected chi connectivity index (χ0v) is 14.5. The molecule has 0 spiro atoms. The van der Waals surface area contributed by atoms with Gasteiger partial charge in [0.05, 0.1) is 10.8 Å². The van der Waals surface area contributed by atoms with Crippen molar-refractivity contribution in [3.63, 3.8) is 0 Å². The number of amides is 1. The summed E-state index contributed by atoms with van der Waals surface area (Å²) < 4.78 is 37.7. The molecular formula is C19H18F3NOS. The predicted octanol–water partition coefficient (Wildman–Crippen LogP) is 4.47. The highest BCUT2D eigenvalue weighted by Gasteiger charge is 2.30. The van der Waals surface area contributed by atoms with Gasteiger partial charge in [0.25, 0.3) is 0 Å². The van der Waals surface area contributed by atoms with Gasteiger partial charge in [-0.25, -0.2) is 0 Å². The molecule has 0 radical (unpaired) electrons. The number of benzene rings is 2. The van der Waals surface area contributed by atoms with Crippen molar-refractivity contribution in [3.05, 3.63) is 65.2 Å². The molecular weight excluding hydrogens is 347 g/mol. The van der Waals surface area contributed by atoms with E-state index < -0.39 is 11.7 Å². The molecule has 2 aromatic rings. The van der Waals surface area contributed by atoms with Gasteiger partial charge in [0.1, 0.15) is 0 Å². The van der Waals surface area contributed by atoms with Crippen molar-refractivity contribution < 1.29 is 18.0 Å². The fourth-order valence-electron chi connectivity index (χ4n) is 2.90. The maximum atomic E-state index is 12.6. The minimum Gasteiger partial charge on any atom is -0.352 e. The van der Waals surface area contributed by atoms with Crippen molar-refractivity contribution in [3.8, 4) is 0 Å². The van der Waals surface area contributed by atoms with Crippen LogP contribution in [-0.2, 0) is 23.8 Å². The molecule has 0 saturated carbocycles. The van der Waals surface area contributed by atoms with E-state index in [1.54, 1.807) is 11.8 Å². The molecule has 132 valence electrons. The Morgan fingerprint density at radius 2 is 1.88 bits per heavy atom. The van der Waals surface area contributed by atoms with Gasteiger partial charge in [0, 0.05) is 10.9 Å². The standard InChI is InChI=1S/C19H18F3NOS/c1-12(10-13-6-8-15(9-7-13)19(20,21)22)23-18(24)17-11-14-4-2-3-5-16(14)25-17/h2-9,12,17H,10-11H2,1H3,(H,23,24). The van der Waals surface area contributed by atoms with Crippen molar-refractivity contribution in [2.24, 2.45) is 0 Å². The fraction of sp³-hybridized carbons (Fsp3) is 0.316. The highest BCUT2D eigenvalue weighted by atomic mass is 32.2. The number of halogens is 3. The smallest absolute Gasteiger partial charge is 0.352 e. The summed E-state index contributed by atoms with van der Waals surface area (Å²) in [5.41, 5.74) is 1.29. The van der Waals surface area contributed by atoms with Crippen LogP contribution in [0.15, 0.2) is 53.4 Å². The third kappa shape index (κ3) is 4.37. The topological polar surface area (TPSA) is 29.1 Å². The minimum absolute atomic E-state index is 0.0272. The number of carbonyl (C=O) groups is 1. The molecule has 0 bridgehead atoms. The highest BCUT2D eigenvalue weighted by Crippen LogP contribution is 2.36. The summed E-state index contributed by atoms with van der Waals surface area (Å²) in [6.07, 6.45) is -3.12. The van der Waals surface area contributed by atoms with Gasteiger partial charge in [-0.1, -0.05) is 30.3 Å². The third-order valence-corrected chi connectivity index (χ3v) is 5.47. The van der Waals surface area contributed by atoms with Crippen molar-refractivity contribution in [1.82, 2.24) is 5.32 Å². The van der Waals surface area contributed by atoms with Crippen molar-refractivity contribution in [2.45, 2.75) is 42.1 Å². The first-order chi connectivity index (χ1) is 11.8. The van der Waals surface area contributed by atoms with E-state index >= 15 is 0 Å². The Hall–Kier alpha value is -1.95. The number of nitrogens with one attached hydrogen (secondary N) is 1.